The highest BCUT2D eigenvalue weighted by Gasteiger charge is 2.63. The summed E-state index contributed by atoms with van der Waals surface area (Å²) in [5, 5.41) is 11.6. The maximum absolute atomic E-state index is 13.8. The van der Waals surface area contributed by atoms with Crippen LogP contribution in [0.2, 0.25) is 0 Å². The number of nitrogens with two attached hydrogens (primary N) is 1. The molecule has 1 amide bonds. The van der Waals surface area contributed by atoms with E-state index >= 15 is 0 Å². The number of esters is 1. The molecule has 12 heteroatoms. The molecule has 5 rings (SSSR count). The van der Waals surface area contributed by atoms with Crippen molar-refractivity contribution in [2.75, 3.05) is 18.6 Å². The van der Waals surface area contributed by atoms with E-state index < -0.39 is 29.1 Å². The number of carbonyl (C=O) groups excluding carboxylic acids is 2. The molecule has 1 fully saturated rings. The maximum atomic E-state index is 13.8. The monoisotopic (exact) mass is 524 g/mol. The van der Waals surface area contributed by atoms with Crippen LogP contribution in [0.1, 0.15) is 17.2 Å². The number of hydrogen-bond acceptors (Lipinski definition) is 10. The number of aromatic nitrogens is 4. The molecule has 0 spiro atoms. The molecule has 1 saturated heterocycles. The lowest BCUT2D eigenvalue weighted by Crippen LogP contribution is -2.78. The first-order valence-corrected chi connectivity index (χ1v) is 13.1. The van der Waals surface area contributed by atoms with Crippen molar-refractivity contribution in [3.05, 3.63) is 83.1 Å². The smallest absolute Gasteiger partial charge is 0.356 e. The van der Waals surface area contributed by atoms with E-state index in [1.807, 2.05) is 60.7 Å². The summed E-state index contributed by atoms with van der Waals surface area (Å²) in [6, 6.07) is 19.0. The quantitative estimate of drug-likeness (QED) is 0.203. The molecule has 3 heterocycles. The first-order chi connectivity index (χ1) is 17.4. The van der Waals surface area contributed by atoms with E-state index in [9.17, 15) is 9.59 Å². The highest BCUT2D eigenvalue weighted by Crippen LogP contribution is 2.46. The molecule has 10 nitrogen and oxygen atoms in total. The van der Waals surface area contributed by atoms with Crippen LogP contribution >= 0.6 is 23.5 Å². The van der Waals surface area contributed by atoms with E-state index in [1.165, 1.54) is 35.5 Å². The summed E-state index contributed by atoms with van der Waals surface area (Å²) in [6.45, 7) is 0. The lowest BCUT2D eigenvalue weighted by molar-refractivity contribution is -0.183. The molecule has 0 radical (unpaired) electrons. The molecule has 2 aromatic carbocycles. The molecule has 2 atom stereocenters. The number of benzene rings is 2. The van der Waals surface area contributed by atoms with Crippen LogP contribution in [0.5, 0.6) is 0 Å². The molecule has 0 bridgehead atoms. The van der Waals surface area contributed by atoms with Crippen LogP contribution in [-0.2, 0) is 26.1 Å². The largest absolute Gasteiger partial charge is 0.448 e. The zero-order chi connectivity index (χ0) is 25.3. The molecular weight excluding hydrogens is 500 g/mol. The number of tetrazole rings is 1. The van der Waals surface area contributed by atoms with E-state index in [1.54, 1.807) is 11.7 Å². The summed E-state index contributed by atoms with van der Waals surface area (Å²) in [6.07, 6.45) is -0.654. The zero-order valence-corrected chi connectivity index (χ0v) is 21.2. The summed E-state index contributed by atoms with van der Waals surface area (Å²) >= 11 is 2.82. The van der Waals surface area contributed by atoms with E-state index in [-0.39, 0.29) is 5.70 Å². The lowest BCUT2D eigenvalue weighted by Gasteiger charge is -2.54. The Balaban J connectivity index is 1.50. The predicted octanol–water partition coefficient (Wildman–Crippen LogP) is 2.11. The normalized spacial score (nSPS) is 21.4. The van der Waals surface area contributed by atoms with Gasteiger partial charge in [-0.05, 0) is 27.1 Å². The van der Waals surface area contributed by atoms with Gasteiger partial charge < -0.3 is 9.47 Å². The van der Waals surface area contributed by atoms with Gasteiger partial charge in [0, 0.05) is 25.7 Å². The Kier molecular flexibility index (Phi) is 6.84. The van der Waals surface area contributed by atoms with Crippen molar-refractivity contribution in [2.45, 2.75) is 22.4 Å². The van der Waals surface area contributed by atoms with Crippen molar-refractivity contribution in [1.29, 1.82) is 0 Å². The number of ether oxygens (including phenoxy) is 2. The minimum absolute atomic E-state index is 0.196. The van der Waals surface area contributed by atoms with E-state index in [4.69, 9.17) is 15.2 Å². The van der Waals surface area contributed by atoms with Crippen LogP contribution in [0.3, 0.4) is 0 Å². The zero-order valence-electron chi connectivity index (χ0n) is 19.6. The Bertz CT molecular complexity index is 1260. The Morgan fingerprint density at radius 3 is 2.39 bits per heavy atom. The van der Waals surface area contributed by atoms with Crippen molar-refractivity contribution in [3.8, 4) is 0 Å². The third-order valence-electron chi connectivity index (χ3n) is 6.06. The van der Waals surface area contributed by atoms with Crippen molar-refractivity contribution >= 4 is 35.4 Å². The van der Waals surface area contributed by atoms with E-state index in [0.29, 0.717) is 16.7 Å². The molecule has 36 heavy (non-hydrogen) atoms. The molecule has 2 aliphatic heterocycles. The number of methoxy groups -OCH3 is 1. The van der Waals surface area contributed by atoms with Crippen LogP contribution in [0.25, 0.3) is 0 Å². The molecule has 186 valence electrons. The molecule has 2 aliphatic rings. The molecule has 0 unspecified atom stereocenters. The van der Waals surface area contributed by atoms with Gasteiger partial charge >= 0.3 is 5.97 Å². The number of fused-ring (bicyclic) bond motifs is 1. The predicted molar refractivity (Wildman–Crippen MR) is 134 cm³/mol. The number of rotatable bonds is 8. The number of hydrogen-bond donors (Lipinski definition) is 1. The van der Waals surface area contributed by atoms with Gasteiger partial charge in [0.25, 0.3) is 5.91 Å². The average molecular weight is 525 g/mol. The first kappa shape index (κ1) is 24.5. The van der Waals surface area contributed by atoms with Crippen molar-refractivity contribution in [1.82, 2.24) is 25.1 Å². The fraction of sp³-hybridized carbons (Fsp3) is 0.292. The Labute approximate surface area is 216 Å². The van der Waals surface area contributed by atoms with Gasteiger partial charge in [-0.15, -0.1) is 16.9 Å². The van der Waals surface area contributed by atoms with Crippen molar-refractivity contribution in [3.63, 3.8) is 0 Å². The first-order valence-electron chi connectivity index (χ1n) is 11.1. The molecule has 0 aliphatic carbocycles. The topological polar surface area (TPSA) is 125 Å². The fourth-order valence-electron chi connectivity index (χ4n) is 4.14. The molecular formula is C24H24N6O4S2. The van der Waals surface area contributed by atoms with E-state index in [2.05, 4.69) is 15.5 Å². The molecule has 2 N–H and O–H groups in total. The highest BCUT2D eigenvalue weighted by atomic mass is 32.2. The van der Waals surface area contributed by atoms with Crippen molar-refractivity contribution < 1.29 is 19.1 Å². The Hall–Kier alpha value is -3.19. The van der Waals surface area contributed by atoms with Crippen LogP contribution in [0.4, 0.5) is 0 Å². The third kappa shape index (κ3) is 4.30. The van der Waals surface area contributed by atoms with Gasteiger partial charge in [0.15, 0.2) is 6.10 Å². The van der Waals surface area contributed by atoms with Gasteiger partial charge in [-0.1, -0.05) is 72.4 Å². The average Bonchev–Trinajstić information content (AvgIpc) is 3.34. The van der Waals surface area contributed by atoms with Crippen LogP contribution < -0.4 is 5.73 Å². The Morgan fingerprint density at radius 2 is 1.83 bits per heavy atom. The minimum Gasteiger partial charge on any atom is -0.448 e. The second-order valence-corrected chi connectivity index (χ2v) is 10.3. The molecule has 1 aromatic heterocycles. The van der Waals surface area contributed by atoms with E-state index in [0.717, 1.165) is 16.7 Å². The van der Waals surface area contributed by atoms with Crippen LogP contribution in [-0.4, -0.2) is 66.7 Å². The maximum Gasteiger partial charge on any atom is 0.356 e. The minimum atomic E-state index is -1.49. The number of amides is 1. The fourth-order valence-corrected chi connectivity index (χ4v) is 6.53. The summed E-state index contributed by atoms with van der Waals surface area (Å²) in [4.78, 5) is 28.3. The van der Waals surface area contributed by atoms with Crippen LogP contribution in [0.15, 0.2) is 77.1 Å². The van der Waals surface area contributed by atoms with Crippen molar-refractivity contribution in [2.24, 2.45) is 12.8 Å². The van der Waals surface area contributed by atoms with Gasteiger partial charge in [-0.2, -0.15) is 0 Å². The molecule has 3 aromatic rings. The summed E-state index contributed by atoms with van der Waals surface area (Å²) in [7, 11) is 3.13. The number of aryl methyl sites for hydroxylation is 1. The van der Waals surface area contributed by atoms with Gasteiger partial charge in [-0.3, -0.25) is 15.4 Å². The van der Waals surface area contributed by atoms with Crippen LogP contribution in [0, 0.1) is 0 Å². The van der Waals surface area contributed by atoms with Gasteiger partial charge in [0.1, 0.15) is 11.1 Å². The highest BCUT2D eigenvalue weighted by molar-refractivity contribution is 8.01. The number of nitrogens with zero attached hydrogens (tertiary/aromatic N) is 5. The summed E-state index contributed by atoms with van der Waals surface area (Å²) < 4.78 is 13.0. The molecule has 0 saturated carbocycles. The number of carbonyl (C=O) groups is 2. The SMILES string of the molecule is CO[C@@]1(N)C(=O)N2C(C(=O)OC(c3ccccc3)c3ccccc3)=C(CSc3nnnn3C)CS[C@H]21. The standard InChI is InChI=1S/C24H24N6O4S2/c1-29-23(26-27-28-29)36-14-17-13-35-22-24(25,33-2)21(32)30(22)18(17)20(31)34-19(15-9-5-3-6-10-15)16-11-7-4-8-12-16/h3-12,19,22H,13-14,25H2,1-2H3/t22-,24-/m0/s1. The summed E-state index contributed by atoms with van der Waals surface area (Å²) in [5.74, 6) is -0.210. The van der Waals surface area contributed by atoms with Gasteiger partial charge in [0.05, 0.1) is 0 Å². The second kappa shape index (κ2) is 10.1. The second-order valence-electron chi connectivity index (χ2n) is 8.27. The third-order valence-corrected chi connectivity index (χ3v) is 8.55. The lowest BCUT2D eigenvalue weighted by atomic mass is 9.99. The summed E-state index contributed by atoms with van der Waals surface area (Å²) in [5.41, 5.74) is 7.31. The number of β-lactam (4-membered cyclic amide) rings is 1. The number of thioether (sulfide) groups is 2. The Morgan fingerprint density at radius 1 is 1.19 bits per heavy atom. The van der Waals surface area contributed by atoms with Gasteiger partial charge in [-0.25, -0.2) is 9.48 Å². The van der Waals surface area contributed by atoms with Gasteiger partial charge in [0.2, 0.25) is 10.9 Å².